The number of nitrogens with one attached hydrogen (secondary N) is 3. The van der Waals surface area contributed by atoms with Crippen molar-refractivity contribution >= 4 is 17.8 Å². The summed E-state index contributed by atoms with van der Waals surface area (Å²) in [7, 11) is 0. The zero-order chi connectivity index (χ0) is 22.7. The molecule has 0 aliphatic carbocycles. The Morgan fingerprint density at radius 3 is 2.42 bits per heavy atom. The van der Waals surface area contributed by atoms with E-state index in [9.17, 15) is 9.59 Å². The minimum Gasteiger partial charge on any atom is -0.357 e. The SMILES string of the molecule is O=C(NN1CCCC12NC(=NCc1ccccc1)N(Cc1ccccc1)C2=O)c1ccc[nH]1. The van der Waals surface area contributed by atoms with Crippen molar-refractivity contribution in [2.24, 2.45) is 4.99 Å². The van der Waals surface area contributed by atoms with Crippen LogP contribution in [0.15, 0.2) is 84.0 Å². The van der Waals surface area contributed by atoms with Crippen molar-refractivity contribution in [3.8, 4) is 0 Å². The zero-order valence-electron chi connectivity index (χ0n) is 18.2. The molecule has 2 fully saturated rings. The van der Waals surface area contributed by atoms with Gasteiger partial charge < -0.3 is 10.3 Å². The van der Waals surface area contributed by atoms with Gasteiger partial charge in [-0.15, -0.1) is 0 Å². The normalized spacial score (nSPS) is 21.6. The van der Waals surface area contributed by atoms with Gasteiger partial charge in [0.05, 0.1) is 13.1 Å². The lowest BCUT2D eigenvalue weighted by Crippen LogP contribution is -2.62. The maximum atomic E-state index is 13.8. The molecule has 0 saturated carbocycles. The molecule has 0 radical (unpaired) electrons. The van der Waals surface area contributed by atoms with Gasteiger partial charge >= 0.3 is 0 Å². The van der Waals surface area contributed by atoms with Gasteiger partial charge in [-0.25, -0.2) is 4.99 Å². The second-order valence-corrected chi connectivity index (χ2v) is 8.27. The van der Waals surface area contributed by atoms with E-state index in [2.05, 4.69) is 15.7 Å². The fourth-order valence-corrected chi connectivity index (χ4v) is 4.39. The van der Waals surface area contributed by atoms with Gasteiger partial charge in [0, 0.05) is 12.7 Å². The first-order valence-electron chi connectivity index (χ1n) is 11.1. The second kappa shape index (κ2) is 8.91. The number of hydrogen-bond acceptors (Lipinski definition) is 4. The van der Waals surface area contributed by atoms with Crippen molar-refractivity contribution in [3.63, 3.8) is 0 Å². The molecule has 1 atom stereocenters. The van der Waals surface area contributed by atoms with Crippen LogP contribution in [0.3, 0.4) is 0 Å². The maximum absolute atomic E-state index is 13.8. The molecule has 3 aromatic rings. The molecule has 2 amide bonds. The van der Waals surface area contributed by atoms with Crippen molar-refractivity contribution in [1.82, 2.24) is 25.6 Å². The van der Waals surface area contributed by atoms with Gasteiger partial charge in [0.15, 0.2) is 5.66 Å². The van der Waals surface area contributed by atoms with E-state index in [4.69, 9.17) is 4.99 Å². The van der Waals surface area contributed by atoms with Gasteiger partial charge in [0.1, 0.15) is 5.69 Å². The summed E-state index contributed by atoms with van der Waals surface area (Å²) in [5.74, 6) is 0.135. The monoisotopic (exact) mass is 442 g/mol. The molecule has 0 bridgehead atoms. The number of carbonyl (C=O) groups is 2. The van der Waals surface area contributed by atoms with Gasteiger partial charge in [0.2, 0.25) is 5.96 Å². The first-order chi connectivity index (χ1) is 16.2. The highest BCUT2D eigenvalue weighted by Crippen LogP contribution is 2.32. The molecular weight excluding hydrogens is 416 g/mol. The maximum Gasteiger partial charge on any atom is 0.282 e. The number of hydrazine groups is 1. The van der Waals surface area contributed by atoms with Crippen LogP contribution in [0.25, 0.3) is 0 Å². The molecule has 5 rings (SSSR count). The van der Waals surface area contributed by atoms with Crippen LogP contribution in [-0.4, -0.2) is 44.9 Å². The molecule has 2 saturated heterocycles. The first kappa shape index (κ1) is 21.0. The lowest BCUT2D eigenvalue weighted by molar-refractivity contribution is -0.138. The summed E-state index contributed by atoms with van der Waals surface area (Å²) in [6.45, 7) is 1.42. The van der Waals surface area contributed by atoms with Gasteiger partial charge in [-0.3, -0.25) is 19.9 Å². The average molecular weight is 443 g/mol. The molecule has 168 valence electrons. The fraction of sp³-hybridized carbons (Fsp3) is 0.240. The number of guanidine groups is 1. The number of hydrogen-bond donors (Lipinski definition) is 3. The number of nitrogens with zero attached hydrogens (tertiary/aromatic N) is 3. The first-order valence-corrected chi connectivity index (χ1v) is 11.1. The zero-order valence-corrected chi connectivity index (χ0v) is 18.2. The van der Waals surface area contributed by atoms with Crippen LogP contribution in [0.2, 0.25) is 0 Å². The number of aliphatic imine (C=N–C) groups is 1. The fourth-order valence-electron chi connectivity index (χ4n) is 4.39. The van der Waals surface area contributed by atoms with Crippen LogP contribution < -0.4 is 10.7 Å². The van der Waals surface area contributed by atoms with E-state index in [1.807, 2.05) is 60.7 Å². The predicted molar refractivity (Wildman–Crippen MR) is 125 cm³/mol. The van der Waals surface area contributed by atoms with Crippen LogP contribution in [0.5, 0.6) is 0 Å². The van der Waals surface area contributed by atoms with E-state index < -0.39 is 5.66 Å². The predicted octanol–water partition coefficient (Wildman–Crippen LogP) is 2.64. The van der Waals surface area contributed by atoms with E-state index in [0.717, 1.165) is 17.5 Å². The molecule has 8 heteroatoms. The Morgan fingerprint density at radius 1 is 1.00 bits per heavy atom. The van der Waals surface area contributed by atoms with Gasteiger partial charge in [-0.05, 0) is 36.1 Å². The summed E-state index contributed by atoms with van der Waals surface area (Å²) >= 11 is 0. The minimum absolute atomic E-state index is 0.109. The van der Waals surface area contributed by atoms with Crippen molar-refractivity contribution in [2.45, 2.75) is 31.6 Å². The van der Waals surface area contributed by atoms with E-state index >= 15 is 0 Å². The topological polar surface area (TPSA) is 92.8 Å². The Balaban J connectivity index is 1.43. The lowest BCUT2D eigenvalue weighted by Gasteiger charge is -2.32. The summed E-state index contributed by atoms with van der Waals surface area (Å²) in [5.41, 5.74) is 4.39. The number of amides is 2. The van der Waals surface area contributed by atoms with Gasteiger partial charge in [-0.2, -0.15) is 5.01 Å². The van der Waals surface area contributed by atoms with E-state index in [1.165, 1.54) is 0 Å². The second-order valence-electron chi connectivity index (χ2n) is 8.27. The van der Waals surface area contributed by atoms with Crippen LogP contribution in [0.1, 0.15) is 34.5 Å². The van der Waals surface area contributed by atoms with Crippen molar-refractivity contribution < 1.29 is 9.59 Å². The Morgan fingerprint density at radius 2 is 1.73 bits per heavy atom. The van der Waals surface area contributed by atoms with Gasteiger partial charge in [0.25, 0.3) is 11.8 Å². The summed E-state index contributed by atoms with van der Waals surface area (Å²) in [6, 6.07) is 23.3. The van der Waals surface area contributed by atoms with Crippen molar-refractivity contribution in [1.29, 1.82) is 0 Å². The van der Waals surface area contributed by atoms with Crippen LogP contribution in [-0.2, 0) is 17.9 Å². The van der Waals surface area contributed by atoms with Crippen molar-refractivity contribution in [3.05, 3.63) is 95.8 Å². The third kappa shape index (κ3) is 4.12. The molecule has 2 aromatic carbocycles. The standard InChI is InChI=1S/C25H26N6O2/c32-22(21-13-7-15-26-21)29-31-16-8-14-25(31)23(33)30(18-20-11-5-2-6-12-20)24(28-25)27-17-19-9-3-1-4-10-19/h1-7,9-13,15,26H,8,14,16-18H2,(H,27,28)(H,29,32). The van der Waals surface area contributed by atoms with Gasteiger partial charge in [-0.1, -0.05) is 60.7 Å². The quantitative estimate of drug-likeness (QED) is 0.547. The molecule has 1 spiro atoms. The average Bonchev–Trinajstić information content (AvgIpc) is 3.57. The Labute approximate surface area is 192 Å². The number of aromatic amines is 1. The smallest absolute Gasteiger partial charge is 0.282 e. The number of benzene rings is 2. The van der Waals surface area contributed by atoms with E-state index in [1.54, 1.807) is 28.2 Å². The van der Waals surface area contributed by atoms with Crippen LogP contribution in [0.4, 0.5) is 0 Å². The van der Waals surface area contributed by atoms with E-state index in [-0.39, 0.29) is 11.8 Å². The van der Waals surface area contributed by atoms with Crippen LogP contribution in [0, 0.1) is 0 Å². The molecule has 1 unspecified atom stereocenters. The highest BCUT2D eigenvalue weighted by atomic mass is 16.2. The molecule has 1 aromatic heterocycles. The Kier molecular flexibility index (Phi) is 5.66. The number of carbonyl (C=O) groups excluding carboxylic acids is 2. The Bertz CT molecular complexity index is 1150. The Hall–Kier alpha value is -3.91. The summed E-state index contributed by atoms with van der Waals surface area (Å²) in [4.78, 5) is 35.9. The molecule has 2 aliphatic rings. The number of aromatic nitrogens is 1. The third-order valence-corrected chi connectivity index (χ3v) is 6.07. The molecule has 2 aliphatic heterocycles. The van der Waals surface area contributed by atoms with E-state index in [0.29, 0.717) is 37.7 Å². The molecule has 33 heavy (non-hydrogen) atoms. The van der Waals surface area contributed by atoms with Crippen LogP contribution >= 0.6 is 0 Å². The lowest BCUT2D eigenvalue weighted by atomic mass is 10.1. The summed E-state index contributed by atoms with van der Waals surface area (Å²) < 4.78 is 0. The molecular formula is C25H26N6O2. The molecule has 3 N–H and O–H groups in total. The number of H-pyrrole nitrogens is 1. The number of rotatable bonds is 6. The highest BCUT2D eigenvalue weighted by molar-refractivity contribution is 6.09. The van der Waals surface area contributed by atoms with Crippen molar-refractivity contribution in [2.75, 3.05) is 6.54 Å². The molecule has 8 nitrogen and oxygen atoms in total. The largest absolute Gasteiger partial charge is 0.357 e. The summed E-state index contributed by atoms with van der Waals surface area (Å²) in [6.07, 6.45) is 3.05. The summed E-state index contributed by atoms with van der Waals surface area (Å²) in [5, 5.41) is 5.11. The minimum atomic E-state index is -1.05. The molecule has 3 heterocycles. The third-order valence-electron chi connectivity index (χ3n) is 6.07. The highest BCUT2D eigenvalue weighted by Gasteiger charge is 2.56.